The van der Waals surface area contributed by atoms with Crippen molar-refractivity contribution in [2.75, 3.05) is 0 Å². The average Bonchev–Trinajstić information content (AvgIpc) is 2.33. The third kappa shape index (κ3) is 4.49. The molecule has 0 saturated carbocycles. The molecule has 0 amide bonds. The van der Waals surface area contributed by atoms with Crippen molar-refractivity contribution < 1.29 is 68.5 Å². The molecule has 2 aromatic rings. The van der Waals surface area contributed by atoms with Crippen molar-refractivity contribution in [3.8, 4) is 0 Å². The molecule has 0 bridgehead atoms. The van der Waals surface area contributed by atoms with Crippen molar-refractivity contribution in [1.29, 1.82) is 0 Å². The van der Waals surface area contributed by atoms with Crippen LogP contribution in [0.25, 0.3) is 10.8 Å². The number of hydrogen-bond acceptors (Lipinski definition) is 6. The second-order valence-electron chi connectivity index (χ2n) is 4.23. The van der Waals surface area contributed by atoms with Crippen LogP contribution in [0.4, 0.5) is 0 Å². The first-order valence-corrected chi connectivity index (χ1v) is 9.62. The van der Waals surface area contributed by atoms with Crippen LogP contribution < -0.4 is 29.6 Å². The summed E-state index contributed by atoms with van der Waals surface area (Å²) in [5.74, 6) is 0. The van der Waals surface area contributed by atoms with Crippen LogP contribution in [0.3, 0.4) is 0 Å². The van der Waals surface area contributed by atoms with Crippen molar-refractivity contribution >= 4 is 41.1 Å². The summed E-state index contributed by atoms with van der Waals surface area (Å²) in [6.45, 7) is 0. The third-order valence-corrected chi connectivity index (χ3v) is 5.31. The van der Waals surface area contributed by atoms with E-state index in [1.165, 1.54) is 0 Å². The van der Waals surface area contributed by atoms with Crippen LogP contribution in [0.15, 0.2) is 45.0 Å². The predicted molar refractivity (Wildman–Crippen MR) is 73.4 cm³/mol. The molecule has 0 aliphatic carbocycles. The van der Waals surface area contributed by atoms with Gasteiger partial charge < -0.3 is 0 Å². The molecular weight excluding hydrogens is 383 g/mol. The number of rotatable bonds is 3. The molecule has 0 fully saturated rings. The maximum atomic E-state index is 11.3. The summed E-state index contributed by atoms with van der Waals surface area (Å²) in [5.41, 5.74) is 0. The summed E-state index contributed by atoms with van der Waals surface area (Å²) < 4.78 is 94.1. The Balaban J connectivity index is 0.00000264. The normalized spacial score (nSPS) is 12.8. The van der Waals surface area contributed by atoms with Gasteiger partial charge >= 0.3 is 29.6 Å². The van der Waals surface area contributed by atoms with Gasteiger partial charge in [-0.2, -0.15) is 25.3 Å². The molecule has 13 heteroatoms. The minimum Gasteiger partial charge on any atom is -0.282 e. The van der Waals surface area contributed by atoms with Gasteiger partial charge in [-0.15, -0.1) is 0 Å². The van der Waals surface area contributed by atoms with Crippen LogP contribution in [0.5, 0.6) is 0 Å². The summed E-state index contributed by atoms with van der Waals surface area (Å²) in [4.78, 5) is -2.31. The van der Waals surface area contributed by atoms with Crippen molar-refractivity contribution in [3.05, 3.63) is 30.3 Å². The van der Waals surface area contributed by atoms with Crippen LogP contribution >= 0.6 is 0 Å². The minimum atomic E-state index is -4.85. The zero-order valence-corrected chi connectivity index (χ0v) is 15.9. The predicted octanol–water partition coefficient (Wildman–Crippen LogP) is -2.42. The van der Waals surface area contributed by atoms with E-state index in [2.05, 4.69) is 0 Å². The summed E-state index contributed by atoms with van der Waals surface area (Å²) in [7, 11) is -14.3. The molecule has 120 valence electrons. The summed E-state index contributed by atoms with van der Waals surface area (Å²) in [6, 6.07) is 3.97. The Labute approximate surface area is 153 Å². The van der Waals surface area contributed by atoms with E-state index in [1.807, 2.05) is 0 Å². The molecule has 0 unspecified atom stereocenters. The first kappa shape index (κ1) is 20.5. The molecule has 0 aromatic heterocycles. The SMILES string of the molecule is O=S(=O)(O)c1ccc2c(S(=O)(=O)O)cc(S(=O)(=O)O)cc2c1.[Na+]. The Morgan fingerprint density at radius 2 is 1.13 bits per heavy atom. The molecule has 0 radical (unpaired) electrons. The molecule has 3 N–H and O–H groups in total. The monoisotopic (exact) mass is 391 g/mol. The largest absolute Gasteiger partial charge is 1.00 e. The molecular formula is C10H8NaO9S3+. The summed E-state index contributed by atoms with van der Waals surface area (Å²) in [5, 5.41) is -0.430. The molecule has 2 rings (SSSR count). The standard InChI is InChI=1S/C10H8O9S3.Na/c11-20(12,13)7-1-2-9-6(3-7)4-8(21(14,15)16)5-10(9)22(17,18)19;/h1-5H,(H,11,12,13)(H,14,15,16)(H,17,18,19);/q;+1. The van der Waals surface area contributed by atoms with Gasteiger partial charge in [-0.05, 0) is 29.7 Å². The van der Waals surface area contributed by atoms with E-state index in [9.17, 15) is 25.3 Å². The van der Waals surface area contributed by atoms with Crippen molar-refractivity contribution in [2.45, 2.75) is 14.7 Å². The van der Waals surface area contributed by atoms with E-state index in [0.29, 0.717) is 6.07 Å². The van der Waals surface area contributed by atoms with Gasteiger partial charge in [0.2, 0.25) is 0 Å². The van der Waals surface area contributed by atoms with Crippen molar-refractivity contribution in [2.24, 2.45) is 0 Å². The summed E-state index contributed by atoms with van der Waals surface area (Å²) >= 11 is 0. The van der Waals surface area contributed by atoms with Crippen LogP contribution in [0.2, 0.25) is 0 Å². The topological polar surface area (TPSA) is 163 Å². The Kier molecular flexibility index (Phi) is 5.68. The van der Waals surface area contributed by atoms with E-state index in [4.69, 9.17) is 13.7 Å². The molecule has 0 spiro atoms. The Morgan fingerprint density at radius 3 is 1.57 bits per heavy atom. The van der Waals surface area contributed by atoms with E-state index < -0.39 is 45.0 Å². The van der Waals surface area contributed by atoms with Gasteiger partial charge in [0.25, 0.3) is 30.4 Å². The fourth-order valence-electron chi connectivity index (χ4n) is 1.81. The van der Waals surface area contributed by atoms with Crippen molar-refractivity contribution in [3.63, 3.8) is 0 Å². The van der Waals surface area contributed by atoms with Gasteiger partial charge in [-0.25, -0.2) is 0 Å². The average molecular weight is 391 g/mol. The van der Waals surface area contributed by atoms with Crippen molar-refractivity contribution in [1.82, 2.24) is 0 Å². The minimum absolute atomic E-state index is 0. The Hall–Kier alpha value is -0.570. The smallest absolute Gasteiger partial charge is 0.282 e. The fourth-order valence-corrected chi connectivity index (χ4v) is 3.68. The maximum Gasteiger partial charge on any atom is 1.00 e. The third-order valence-electron chi connectivity index (χ3n) is 2.73. The van der Waals surface area contributed by atoms with Gasteiger partial charge in [-0.3, -0.25) is 13.7 Å². The first-order valence-electron chi connectivity index (χ1n) is 5.30. The van der Waals surface area contributed by atoms with E-state index >= 15 is 0 Å². The molecule has 0 saturated heterocycles. The van der Waals surface area contributed by atoms with Crippen LogP contribution in [-0.2, 0) is 30.4 Å². The molecule has 2 aromatic carbocycles. The number of benzene rings is 2. The fraction of sp³-hybridized carbons (Fsp3) is 0. The van der Waals surface area contributed by atoms with E-state index in [1.54, 1.807) is 0 Å². The zero-order valence-electron chi connectivity index (χ0n) is 11.4. The van der Waals surface area contributed by atoms with Gasteiger partial charge in [0.05, 0.1) is 9.79 Å². The number of hydrogen-bond donors (Lipinski definition) is 3. The van der Waals surface area contributed by atoms with Gasteiger partial charge in [0, 0.05) is 5.39 Å². The Morgan fingerprint density at radius 1 is 0.652 bits per heavy atom. The van der Waals surface area contributed by atoms with Gasteiger partial charge in [-0.1, -0.05) is 6.07 Å². The van der Waals surface area contributed by atoms with E-state index in [0.717, 1.165) is 24.3 Å². The zero-order chi connectivity index (χ0) is 16.9. The second-order valence-corrected chi connectivity index (χ2v) is 8.46. The molecule has 9 nitrogen and oxygen atoms in total. The molecule has 0 aliphatic rings. The first-order chi connectivity index (χ1) is 9.80. The summed E-state index contributed by atoms with van der Waals surface area (Å²) in [6.07, 6.45) is 0. The molecule has 0 aliphatic heterocycles. The van der Waals surface area contributed by atoms with Crippen LogP contribution in [0, 0.1) is 0 Å². The number of fused-ring (bicyclic) bond motifs is 1. The molecule has 0 atom stereocenters. The molecule has 23 heavy (non-hydrogen) atoms. The quantitative estimate of drug-likeness (QED) is 0.382. The van der Waals surface area contributed by atoms with Gasteiger partial charge in [0.15, 0.2) is 0 Å². The van der Waals surface area contributed by atoms with Gasteiger partial charge in [0.1, 0.15) is 4.90 Å². The maximum absolute atomic E-state index is 11.3. The second kappa shape index (κ2) is 6.38. The molecule has 0 heterocycles. The van der Waals surface area contributed by atoms with Crippen LogP contribution in [0.1, 0.15) is 0 Å². The van der Waals surface area contributed by atoms with E-state index in [-0.39, 0.29) is 40.3 Å². The van der Waals surface area contributed by atoms with Crippen LogP contribution in [-0.4, -0.2) is 38.9 Å². The Bertz CT molecular complexity index is 1080.